The van der Waals surface area contributed by atoms with Gasteiger partial charge in [-0.3, -0.25) is 0 Å². The Morgan fingerprint density at radius 3 is 2.53 bits per heavy atom. The molecule has 1 fully saturated rings. The third kappa shape index (κ3) is 2.26. The summed E-state index contributed by atoms with van der Waals surface area (Å²) in [6, 6.07) is 0.608. The van der Waals surface area contributed by atoms with Gasteiger partial charge in [-0.15, -0.1) is 0 Å². The van der Waals surface area contributed by atoms with Gasteiger partial charge in [0.2, 0.25) is 5.95 Å². The van der Waals surface area contributed by atoms with E-state index < -0.39 is 0 Å². The van der Waals surface area contributed by atoms with Crippen molar-refractivity contribution in [3.05, 3.63) is 18.0 Å². The van der Waals surface area contributed by atoms with Crippen LogP contribution in [0.3, 0.4) is 0 Å². The molecule has 1 saturated carbocycles. The first-order chi connectivity index (χ1) is 7.31. The molecule has 4 nitrogen and oxygen atoms in total. The number of hydrogen-bond acceptors (Lipinski definition) is 4. The number of nitrogens with two attached hydrogens (primary N) is 1. The predicted octanol–water partition coefficient (Wildman–Crippen LogP) is 1.10. The fourth-order valence-electron chi connectivity index (χ4n) is 1.82. The molecule has 1 heterocycles. The van der Waals surface area contributed by atoms with Crippen LogP contribution in [0.15, 0.2) is 12.4 Å². The second kappa shape index (κ2) is 4.57. The molecule has 0 amide bonds. The van der Waals surface area contributed by atoms with Crippen LogP contribution in [-0.4, -0.2) is 29.1 Å². The van der Waals surface area contributed by atoms with E-state index in [1.165, 1.54) is 19.3 Å². The molecule has 0 bridgehead atoms. The fraction of sp³-hybridized carbons (Fsp3) is 0.636. The number of aryl methyl sites for hydroxylation is 1. The van der Waals surface area contributed by atoms with Gasteiger partial charge in [-0.05, 0) is 31.7 Å². The summed E-state index contributed by atoms with van der Waals surface area (Å²) in [6.45, 7) is 3.52. The Morgan fingerprint density at radius 1 is 1.40 bits per heavy atom. The zero-order valence-corrected chi connectivity index (χ0v) is 9.19. The van der Waals surface area contributed by atoms with Crippen LogP contribution in [0, 0.1) is 6.92 Å². The summed E-state index contributed by atoms with van der Waals surface area (Å²) in [7, 11) is 0. The molecule has 0 aliphatic heterocycles. The van der Waals surface area contributed by atoms with Crippen molar-refractivity contribution in [1.29, 1.82) is 0 Å². The Kier molecular flexibility index (Phi) is 3.16. The molecule has 15 heavy (non-hydrogen) atoms. The largest absolute Gasteiger partial charge is 0.337 e. The zero-order valence-electron chi connectivity index (χ0n) is 9.19. The van der Waals surface area contributed by atoms with Gasteiger partial charge in [0.1, 0.15) is 0 Å². The van der Waals surface area contributed by atoms with Gasteiger partial charge in [0.05, 0.1) is 0 Å². The van der Waals surface area contributed by atoms with E-state index in [1.807, 2.05) is 19.3 Å². The van der Waals surface area contributed by atoms with Crippen molar-refractivity contribution in [2.45, 2.75) is 32.2 Å². The number of aromatic nitrogens is 2. The monoisotopic (exact) mass is 206 g/mol. The molecule has 2 N–H and O–H groups in total. The predicted molar refractivity (Wildman–Crippen MR) is 60.8 cm³/mol. The number of nitrogens with zero attached hydrogens (tertiary/aromatic N) is 3. The van der Waals surface area contributed by atoms with Crippen molar-refractivity contribution in [1.82, 2.24) is 9.97 Å². The SMILES string of the molecule is Cc1cnc(N(CCN)C2CCC2)nc1. The van der Waals surface area contributed by atoms with Crippen molar-refractivity contribution in [2.75, 3.05) is 18.0 Å². The van der Waals surface area contributed by atoms with E-state index in [1.54, 1.807) is 0 Å². The van der Waals surface area contributed by atoms with Gasteiger partial charge in [-0.2, -0.15) is 0 Å². The van der Waals surface area contributed by atoms with Crippen molar-refractivity contribution in [2.24, 2.45) is 5.73 Å². The minimum atomic E-state index is 0.608. The molecule has 1 aromatic rings. The third-order valence-electron chi connectivity index (χ3n) is 2.91. The van der Waals surface area contributed by atoms with Crippen LogP contribution in [0.25, 0.3) is 0 Å². The summed E-state index contributed by atoms with van der Waals surface area (Å²) in [5, 5.41) is 0. The van der Waals surface area contributed by atoms with E-state index in [9.17, 15) is 0 Å². The quantitative estimate of drug-likeness (QED) is 0.801. The Labute approximate surface area is 90.5 Å². The van der Waals surface area contributed by atoms with E-state index in [4.69, 9.17) is 5.73 Å². The number of rotatable bonds is 4. The Bertz CT molecular complexity index is 305. The average molecular weight is 206 g/mol. The smallest absolute Gasteiger partial charge is 0.225 e. The molecule has 0 spiro atoms. The maximum Gasteiger partial charge on any atom is 0.225 e. The van der Waals surface area contributed by atoms with E-state index in [2.05, 4.69) is 14.9 Å². The van der Waals surface area contributed by atoms with Crippen LogP contribution in [0.1, 0.15) is 24.8 Å². The van der Waals surface area contributed by atoms with E-state index in [-0.39, 0.29) is 0 Å². The zero-order chi connectivity index (χ0) is 10.7. The lowest BCUT2D eigenvalue weighted by Crippen LogP contribution is -2.43. The molecule has 4 heteroatoms. The molecule has 82 valence electrons. The second-order valence-corrected chi connectivity index (χ2v) is 4.13. The standard InChI is InChI=1S/C11H18N4/c1-9-7-13-11(14-8-9)15(6-5-12)10-3-2-4-10/h7-8,10H,2-6,12H2,1H3. The van der Waals surface area contributed by atoms with Crippen LogP contribution in [-0.2, 0) is 0 Å². The molecule has 0 radical (unpaired) electrons. The molecule has 1 aliphatic carbocycles. The maximum absolute atomic E-state index is 5.62. The van der Waals surface area contributed by atoms with Crippen LogP contribution in [0.4, 0.5) is 5.95 Å². The average Bonchev–Trinajstić information content (AvgIpc) is 2.16. The van der Waals surface area contributed by atoms with Gasteiger partial charge in [-0.25, -0.2) is 9.97 Å². The highest BCUT2D eigenvalue weighted by molar-refractivity contribution is 5.32. The van der Waals surface area contributed by atoms with E-state index in [0.717, 1.165) is 18.1 Å². The van der Waals surface area contributed by atoms with Gasteiger partial charge >= 0.3 is 0 Å². The minimum Gasteiger partial charge on any atom is -0.337 e. The highest BCUT2D eigenvalue weighted by atomic mass is 15.3. The molecule has 0 aromatic carbocycles. The van der Waals surface area contributed by atoms with E-state index >= 15 is 0 Å². The summed E-state index contributed by atoms with van der Waals surface area (Å²) in [5.41, 5.74) is 6.71. The summed E-state index contributed by atoms with van der Waals surface area (Å²) >= 11 is 0. The van der Waals surface area contributed by atoms with Crippen molar-refractivity contribution >= 4 is 5.95 Å². The molecule has 0 atom stereocenters. The highest BCUT2D eigenvalue weighted by Gasteiger charge is 2.25. The van der Waals surface area contributed by atoms with Gasteiger partial charge in [0.25, 0.3) is 0 Å². The van der Waals surface area contributed by atoms with Crippen LogP contribution < -0.4 is 10.6 Å². The number of anilines is 1. The molecular formula is C11H18N4. The molecule has 0 saturated heterocycles. The number of hydrogen-bond donors (Lipinski definition) is 1. The van der Waals surface area contributed by atoms with Crippen LogP contribution in [0.5, 0.6) is 0 Å². The molecule has 0 unspecified atom stereocenters. The summed E-state index contributed by atoms with van der Waals surface area (Å²) < 4.78 is 0. The Hall–Kier alpha value is -1.16. The second-order valence-electron chi connectivity index (χ2n) is 4.13. The third-order valence-corrected chi connectivity index (χ3v) is 2.91. The fourth-order valence-corrected chi connectivity index (χ4v) is 1.82. The molecule has 2 rings (SSSR count). The first-order valence-electron chi connectivity index (χ1n) is 5.56. The molecule has 1 aromatic heterocycles. The van der Waals surface area contributed by atoms with Crippen LogP contribution in [0.2, 0.25) is 0 Å². The Balaban J connectivity index is 2.12. The maximum atomic E-state index is 5.62. The van der Waals surface area contributed by atoms with Gasteiger partial charge < -0.3 is 10.6 Å². The highest BCUT2D eigenvalue weighted by Crippen LogP contribution is 2.26. The van der Waals surface area contributed by atoms with Gasteiger partial charge in [-0.1, -0.05) is 0 Å². The van der Waals surface area contributed by atoms with Crippen LogP contribution >= 0.6 is 0 Å². The molecule has 1 aliphatic rings. The first-order valence-corrected chi connectivity index (χ1v) is 5.56. The topological polar surface area (TPSA) is 55.0 Å². The van der Waals surface area contributed by atoms with Gasteiger partial charge in [0.15, 0.2) is 0 Å². The summed E-state index contributed by atoms with van der Waals surface area (Å²) in [4.78, 5) is 11.0. The summed E-state index contributed by atoms with van der Waals surface area (Å²) in [6.07, 6.45) is 7.54. The lowest BCUT2D eigenvalue weighted by Gasteiger charge is -2.37. The minimum absolute atomic E-state index is 0.608. The first kappa shape index (κ1) is 10.4. The van der Waals surface area contributed by atoms with Crippen molar-refractivity contribution in [3.63, 3.8) is 0 Å². The normalized spacial score (nSPS) is 16.1. The lowest BCUT2D eigenvalue weighted by molar-refractivity contribution is 0.383. The van der Waals surface area contributed by atoms with E-state index in [0.29, 0.717) is 12.6 Å². The summed E-state index contributed by atoms with van der Waals surface area (Å²) in [5.74, 6) is 0.829. The Morgan fingerprint density at radius 2 is 2.07 bits per heavy atom. The van der Waals surface area contributed by atoms with Gasteiger partial charge in [0, 0.05) is 31.5 Å². The molecular weight excluding hydrogens is 188 g/mol. The lowest BCUT2D eigenvalue weighted by atomic mass is 9.91. The van der Waals surface area contributed by atoms with Crippen molar-refractivity contribution < 1.29 is 0 Å². The van der Waals surface area contributed by atoms with Crippen molar-refractivity contribution in [3.8, 4) is 0 Å².